The van der Waals surface area contributed by atoms with Crippen LogP contribution in [0.3, 0.4) is 0 Å². The fourth-order valence-corrected chi connectivity index (χ4v) is 0.745. The van der Waals surface area contributed by atoms with Crippen molar-refractivity contribution in [3.05, 3.63) is 0 Å². The molecule has 1 atom stereocenters. The van der Waals surface area contributed by atoms with Gasteiger partial charge < -0.3 is 10.2 Å². The fraction of sp³-hybridized carbons (Fsp3) is 0.833. The summed E-state index contributed by atoms with van der Waals surface area (Å²) < 4.78 is 0. The number of aliphatic hydroxyl groups is 1. The van der Waals surface area contributed by atoms with E-state index in [0.717, 1.165) is 6.42 Å². The lowest BCUT2D eigenvalue weighted by atomic mass is 10.2. The zero-order valence-corrected chi connectivity index (χ0v) is 6.34. The van der Waals surface area contributed by atoms with Crippen molar-refractivity contribution in [1.29, 1.82) is 0 Å². The first-order chi connectivity index (χ1) is 4.68. The molecule has 0 heterocycles. The Morgan fingerprint density at radius 1 is 1.50 bits per heavy atom. The molecule has 0 saturated carbocycles. The van der Waals surface area contributed by atoms with Gasteiger partial charge in [-0.15, -0.1) is 11.6 Å². The SMILES string of the molecule is O=C(O)C(O)CCCCCl. The van der Waals surface area contributed by atoms with E-state index in [1.807, 2.05) is 0 Å². The maximum absolute atomic E-state index is 10.0. The molecule has 0 fully saturated rings. The van der Waals surface area contributed by atoms with Crippen molar-refractivity contribution in [2.45, 2.75) is 25.4 Å². The van der Waals surface area contributed by atoms with Gasteiger partial charge in [0.1, 0.15) is 0 Å². The molecule has 0 saturated heterocycles. The third kappa shape index (κ3) is 4.58. The summed E-state index contributed by atoms with van der Waals surface area (Å²) in [5.74, 6) is -0.638. The minimum atomic E-state index is -1.22. The van der Waals surface area contributed by atoms with Crippen molar-refractivity contribution >= 4 is 17.6 Å². The molecule has 0 radical (unpaired) electrons. The van der Waals surface area contributed by atoms with E-state index < -0.39 is 12.1 Å². The highest BCUT2D eigenvalue weighted by molar-refractivity contribution is 6.17. The van der Waals surface area contributed by atoms with Crippen LogP contribution < -0.4 is 0 Å². The van der Waals surface area contributed by atoms with Gasteiger partial charge in [-0.1, -0.05) is 0 Å². The number of alkyl halides is 1. The van der Waals surface area contributed by atoms with Crippen LogP contribution in [0, 0.1) is 0 Å². The number of halogens is 1. The summed E-state index contributed by atoms with van der Waals surface area (Å²) in [6.07, 6.45) is 0.494. The van der Waals surface area contributed by atoms with Gasteiger partial charge >= 0.3 is 5.97 Å². The van der Waals surface area contributed by atoms with Crippen LogP contribution >= 0.6 is 11.6 Å². The number of aliphatic hydroxyl groups excluding tert-OH is 1. The van der Waals surface area contributed by atoms with Gasteiger partial charge in [0.15, 0.2) is 6.10 Å². The van der Waals surface area contributed by atoms with Gasteiger partial charge in [0.05, 0.1) is 0 Å². The molecule has 60 valence electrons. The molecule has 1 unspecified atom stereocenters. The topological polar surface area (TPSA) is 57.5 Å². The van der Waals surface area contributed by atoms with Crippen LogP contribution in [0.4, 0.5) is 0 Å². The Morgan fingerprint density at radius 3 is 2.50 bits per heavy atom. The number of aliphatic carboxylic acids is 1. The van der Waals surface area contributed by atoms with E-state index in [1.54, 1.807) is 0 Å². The zero-order valence-electron chi connectivity index (χ0n) is 5.59. The maximum Gasteiger partial charge on any atom is 0.332 e. The van der Waals surface area contributed by atoms with Crippen molar-refractivity contribution < 1.29 is 15.0 Å². The molecule has 0 aromatic heterocycles. The molecule has 2 N–H and O–H groups in total. The predicted molar refractivity (Wildman–Crippen MR) is 38.2 cm³/mol. The van der Waals surface area contributed by atoms with Gasteiger partial charge in [-0.25, -0.2) is 4.79 Å². The molecule has 0 aromatic rings. The lowest BCUT2D eigenvalue weighted by molar-refractivity contribution is -0.146. The van der Waals surface area contributed by atoms with E-state index >= 15 is 0 Å². The van der Waals surface area contributed by atoms with Crippen LogP contribution in [-0.2, 0) is 4.79 Å². The largest absolute Gasteiger partial charge is 0.479 e. The summed E-state index contributed by atoms with van der Waals surface area (Å²) in [6, 6.07) is 0. The second-order valence-electron chi connectivity index (χ2n) is 2.04. The third-order valence-corrected chi connectivity index (χ3v) is 1.41. The van der Waals surface area contributed by atoms with Crippen LogP contribution in [0.15, 0.2) is 0 Å². The van der Waals surface area contributed by atoms with Gasteiger partial charge in [-0.2, -0.15) is 0 Å². The molecule has 0 rings (SSSR count). The van der Waals surface area contributed by atoms with E-state index in [9.17, 15) is 4.79 Å². The molecule has 0 amide bonds. The Morgan fingerprint density at radius 2 is 2.10 bits per heavy atom. The summed E-state index contributed by atoms with van der Waals surface area (Å²) in [7, 11) is 0. The molecule has 0 aliphatic carbocycles. The summed E-state index contributed by atoms with van der Waals surface area (Å²) in [5, 5.41) is 16.9. The predicted octanol–water partition coefficient (Wildman–Crippen LogP) is 0.841. The first-order valence-corrected chi connectivity index (χ1v) is 3.68. The molecule has 0 aliphatic rings. The molecule has 0 aromatic carbocycles. The molecule has 10 heavy (non-hydrogen) atoms. The van der Waals surface area contributed by atoms with E-state index in [0.29, 0.717) is 18.7 Å². The van der Waals surface area contributed by atoms with Gasteiger partial charge in [-0.05, 0) is 19.3 Å². The number of unbranched alkanes of at least 4 members (excludes halogenated alkanes) is 1. The zero-order chi connectivity index (χ0) is 7.98. The smallest absolute Gasteiger partial charge is 0.332 e. The van der Waals surface area contributed by atoms with E-state index in [1.165, 1.54) is 0 Å². The normalized spacial score (nSPS) is 13.0. The second-order valence-corrected chi connectivity index (χ2v) is 2.42. The Balaban J connectivity index is 3.21. The Kier molecular flexibility index (Phi) is 5.35. The first-order valence-electron chi connectivity index (χ1n) is 3.15. The standard InChI is InChI=1S/C6H11ClO3/c7-4-2-1-3-5(8)6(9)10/h5,8H,1-4H2,(H,9,10). The minimum Gasteiger partial charge on any atom is -0.479 e. The van der Waals surface area contributed by atoms with E-state index in [-0.39, 0.29) is 0 Å². The van der Waals surface area contributed by atoms with E-state index in [2.05, 4.69) is 0 Å². The van der Waals surface area contributed by atoms with Gasteiger partial charge in [0.25, 0.3) is 0 Å². The summed E-state index contributed by atoms with van der Waals surface area (Å²) >= 11 is 5.34. The third-order valence-electron chi connectivity index (χ3n) is 1.15. The van der Waals surface area contributed by atoms with Crippen molar-refractivity contribution in [3.63, 3.8) is 0 Å². The first kappa shape index (κ1) is 9.72. The van der Waals surface area contributed by atoms with Crippen LogP contribution in [0.25, 0.3) is 0 Å². The molecule has 0 aliphatic heterocycles. The van der Waals surface area contributed by atoms with Crippen molar-refractivity contribution in [2.75, 3.05) is 5.88 Å². The molecule has 0 bridgehead atoms. The van der Waals surface area contributed by atoms with Gasteiger partial charge in [0, 0.05) is 5.88 Å². The van der Waals surface area contributed by atoms with Crippen molar-refractivity contribution in [2.24, 2.45) is 0 Å². The number of carboxylic acid groups (broad SMARTS) is 1. The highest BCUT2D eigenvalue weighted by Crippen LogP contribution is 2.01. The van der Waals surface area contributed by atoms with Gasteiger partial charge in [-0.3, -0.25) is 0 Å². The van der Waals surface area contributed by atoms with Gasteiger partial charge in [0.2, 0.25) is 0 Å². The Hall–Kier alpha value is -0.280. The number of rotatable bonds is 5. The highest BCUT2D eigenvalue weighted by Gasteiger charge is 2.10. The van der Waals surface area contributed by atoms with Crippen LogP contribution in [0.2, 0.25) is 0 Å². The highest BCUT2D eigenvalue weighted by atomic mass is 35.5. The molecular weight excluding hydrogens is 156 g/mol. The average Bonchev–Trinajstić information content (AvgIpc) is 1.88. The number of hydrogen-bond donors (Lipinski definition) is 2. The monoisotopic (exact) mass is 166 g/mol. The quantitative estimate of drug-likeness (QED) is 0.470. The van der Waals surface area contributed by atoms with E-state index in [4.69, 9.17) is 21.8 Å². The van der Waals surface area contributed by atoms with Crippen molar-refractivity contribution in [3.8, 4) is 0 Å². The van der Waals surface area contributed by atoms with Crippen LogP contribution in [0.5, 0.6) is 0 Å². The summed E-state index contributed by atoms with van der Waals surface area (Å²) in [5.41, 5.74) is 0. The molecule has 4 heteroatoms. The Bertz CT molecular complexity index is 105. The maximum atomic E-state index is 10.0. The fourth-order valence-electron chi connectivity index (χ4n) is 0.556. The van der Waals surface area contributed by atoms with Crippen LogP contribution in [-0.4, -0.2) is 28.2 Å². The second kappa shape index (κ2) is 5.50. The number of carbonyl (C=O) groups is 1. The van der Waals surface area contributed by atoms with Crippen LogP contribution in [0.1, 0.15) is 19.3 Å². The Labute approximate surface area is 64.6 Å². The summed E-state index contributed by atoms with van der Waals surface area (Å²) in [4.78, 5) is 10.0. The van der Waals surface area contributed by atoms with Crippen molar-refractivity contribution in [1.82, 2.24) is 0 Å². The number of carboxylic acids is 1. The summed E-state index contributed by atoms with van der Waals surface area (Å²) in [6.45, 7) is 0. The lowest BCUT2D eigenvalue weighted by Crippen LogP contribution is -2.18. The molecule has 0 spiro atoms. The minimum absolute atomic E-state index is 0.294. The molecule has 3 nitrogen and oxygen atoms in total. The number of hydrogen-bond acceptors (Lipinski definition) is 2. The lowest BCUT2D eigenvalue weighted by Gasteiger charge is -2.02. The molecular formula is C6H11ClO3. The average molecular weight is 167 g/mol.